The van der Waals surface area contributed by atoms with Crippen LogP contribution in [0.15, 0.2) is 36.4 Å². The summed E-state index contributed by atoms with van der Waals surface area (Å²) in [6, 6.07) is 5.33. The first-order valence-corrected chi connectivity index (χ1v) is 10.2. The number of nitrogens with one attached hydrogen (secondary N) is 1. The molecule has 2 heterocycles. The topological polar surface area (TPSA) is 78.7 Å². The van der Waals surface area contributed by atoms with Gasteiger partial charge in [0.15, 0.2) is 11.6 Å². The molecule has 0 unspecified atom stereocenters. The molecule has 2 bridgehead atoms. The summed E-state index contributed by atoms with van der Waals surface area (Å²) >= 11 is 0. The molecule has 0 radical (unpaired) electrons. The highest BCUT2D eigenvalue weighted by Crippen LogP contribution is 2.32. The number of hydrogen-bond donors (Lipinski definition) is 2. The standard InChI is InChI=1S/C22H22F4N4O2/c23-13-2-1-3-15(6-13)28-22(32)30-11-16-8-17(30)10-29(16)21(31)7-14(27)4-12-5-19(25)20(26)9-18(12)24/h1-3,5-6,9,14,16-17H,4,7-8,10-11,27H2,(H,28,32)/t14-,16+,17-/m1/s1. The van der Waals surface area contributed by atoms with Gasteiger partial charge in [-0.2, -0.15) is 0 Å². The Bertz CT molecular complexity index is 1050. The molecule has 2 aromatic carbocycles. The van der Waals surface area contributed by atoms with Gasteiger partial charge in [0.2, 0.25) is 5.91 Å². The van der Waals surface area contributed by atoms with Gasteiger partial charge in [-0.1, -0.05) is 6.07 Å². The second-order valence-electron chi connectivity index (χ2n) is 8.21. The Balaban J connectivity index is 1.31. The lowest BCUT2D eigenvalue weighted by atomic mass is 10.0. The third-order valence-corrected chi connectivity index (χ3v) is 5.91. The molecule has 3 amide bonds. The van der Waals surface area contributed by atoms with E-state index in [0.717, 1.165) is 6.07 Å². The number of benzene rings is 2. The van der Waals surface area contributed by atoms with E-state index in [1.54, 1.807) is 15.9 Å². The maximum absolute atomic E-state index is 13.8. The normalized spacial score (nSPS) is 20.5. The predicted molar refractivity (Wildman–Crippen MR) is 109 cm³/mol. The van der Waals surface area contributed by atoms with E-state index in [4.69, 9.17) is 5.73 Å². The maximum atomic E-state index is 13.8. The highest BCUT2D eigenvalue weighted by molar-refractivity contribution is 5.90. The van der Waals surface area contributed by atoms with Crippen molar-refractivity contribution in [3.8, 4) is 0 Å². The van der Waals surface area contributed by atoms with Crippen molar-refractivity contribution < 1.29 is 27.2 Å². The first-order chi connectivity index (χ1) is 15.2. The number of amides is 3. The zero-order chi connectivity index (χ0) is 23.0. The van der Waals surface area contributed by atoms with Crippen LogP contribution < -0.4 is 11.1 Å². The molecular formula is C22H22F4N4O2. The van der Waals surface area contributed by atoms with Crippen molar-refractivity contribution in [3.05, 3.63) is 65.2 Å². The number of nitrogens with two attached hydrogens (primary N) is 1. The van der Waals surface area contributed by atoms with Crippen molar-refractivity contribution in [2.45, 2.75) is 37.4 Å². The van der Waals surface area contributed by atoms with Crippen LogP contribution in [0.1, 0.15) is 18.4 Å². The molecule has 2 saturated heterocycles. The van der Waals surface area contributed by atoms with Crippen LogP contribution in [0.5, 0.6) is 0 Å². The van der Waals surface area contributed by atoms with Crippen LogP contribution in [0, 0.1) is 23.3 Å². The van der Waals surface area contributed by atoms with E-state index in [-0.39, 0.29) is 42.4 Å². The van der Waals surface area contributed by atoms with Crippen LogP contribution in [-0.4, -0.2) is 53.0 Å². The van der Waals surface area contributed by atoms with Gasteiger partial charge in [-0.25, -0.2) is 22.4 Å². The van der Waals surface area contributed by atoms with Gasteiger partial charge >= 0.3 is 6.03 Å². The fourth-order valence-corrected chi connectivity index (χ4v) is 4.40. The molecule has 32 heavy (non-hydrogen) atoms. The molecule has 10 heteroatoms. The number of fused-ring (bicyclic) bond motifs is 2. The number of urea groups is 1. The molecule has 0 spiro atoms. The number of carbonyl (C=O) groups is 2. The minimum atomic E-state index is -1.28. The molecule has 6 nitrogen and oxygen atoms in total. The summed E-state index contributed by atoms with van der Waals surface area (Å²) in [4.78, 5) is 28.5. The fourth-order valence-electron chi connectivity index (χ4n) is 4.40. The Hall–Kier alpha value is -3.14. The van der Waals surface area contributed by atoms with E-state index >= 15 is 0 Å². The zero-order valence-electron chi connectivity index (χ0n) is 17.0. The summed E-state index contributed by atoms with van der Waals surface area (Å²) in [5.74, 6) is -4.06. The van der Waals surface area contributed by atoms with Crippen molar-refractivity contribution in [2.24, 2.45) is 5.73 Å². The van der Waals surface area contributed by atoms with Crippen molar-refractivity contribution in [1.29, 1.82) is 0 Å². The number of piperazine rings is 1. The molecule has 2 fully saturated rings. The molecule has 3 N–H and O–H groups in total. The van der Waals surface area contributed by atoms with E-state index in [0.29, 0.717) is 31.3 Å². The number of carbonyl (C=O) groups excluding carboxylic acids is 2. The summed E-state index contributed by atoms with van der Waals surface area (Å²) in [6.45, 7) is 0.678. The molecule has 2 aromatic rings. The van der Waals surface area contributed by atoms with Crippen LogP contribution in [0.4, 0.5) is 28.0 Å². The summed E-state index contributed by atoms with van der Waals surface area (Å²) in [7, 11) is 0. The average Bonchev–Trinajstić information content (AvgIpc) is 3.33. The number of anilines is 1. The highest BCUT2D eigenvalue weighted by atomic mass is 19.2. The molecular weight excluding hydrogens is 428 g/mol. The van der Waals surface area contributed by atoms with Gasteiger partial charge in [0.05, 0.1) is 12.1 Å². The van der Waals surface area contributed by atoms with Gasteiger partial charge in [-0.15, -0.1) is 0 Å². The molecule has 2 aliphatic heterocycles. The van der Waals surface area contributed by atoms with Gasteiger partial charge in [0.25, 0.3) is 0 Å². The van der Waals surface area contributed by atoms with Gasteiger partial charge in [0.1, 0.15) is 11.6 Å². The predicted octanol–water partition coefficient (Wildman–Crippen LogP) is 3.02. The molecule has 0 aromatic heterocycles. The van der Waals surface area contributed by atoms with Crippen molar-refractivity contribution >= 4 is 17.6 Å². The highest BCUT2D eigenvalue weighted by Gasteiger charge is 2.47. The molecule has 170 valence electrons. The Morgan fingerprint density at radius 2 is 1.69 bits per heavy atom. The largest absolute Gasteiger partial charge is 0.336 e. The van der Waals surface area contributed by atoms with Gasteiger partial charge < -0.3 is 20.9 Å². The van der Waals surface area contributed by atoms with Crippen molar-refractivity contribution in [1.82, 2.24) is 9.80 Å². The third-order valence-electron chi connectivity index (χ3n) is 5.91. The Morgan fingerprint density at radius 1 is 1.00 bits per heavy atom. The lowest BCUT2D eigenvalue weighted by Crippen LogP contribution is -2.52. The van der Waals surface area contributed by atoms with Crippen molar-refractivity contribution in [3.63, 3.8) is 0 Å². The maximum Gasteiger partial charge on any atom is 0.322 e. The lowest BCUT2D eigenvalue weighted by molar-refractivity contribution is -0.133. The van der Waals surface area contributed by atoms with Crippen LogP contribution in [0.2, 0.25) is 0 Å². The monoisotopic (exact) mass is 450 g/mol. The summed E-state index contributed by atoms with van der Waals surface area (Å²) in [5, 5.41) is 2.66. The number of likely N-dealkylation sites (tertiary alicyclic amines) is 2. The minimum absolute atomic E-state index is 0.0862. The Labute approximate surface area is 182 Å². The van der Waals surface area contributed by atoms with Crippen LogP contribution >= 0.6 is 0 Å². The first-order valence-electron chi connectivity index (χ1n) is 10.2. The SMILES string of the molecule is N[C@@H](CC(=O)N1C[C@H]2C[C@H]1CN2C(=O)Nc1cccc(F)c1)Cc1cc(F)c(F)cc1F. The average molecular weight is 450 g/mol. The molecule has 4 rings (SSSR count). The fraction of sp³-hybridized carbons (Fsp3) is 0.364. The van der Waals surface area contributed by atoms with E-state index in [1.165, 1.54) is 18.2 Å². The number of nitrogens with zero attached hydrogens (tertiary/aromatic N) is 2. The van der Waals surface area contributed by atoms with Crippen LogP contribution in [0.3, 0.4) is 0 Å². The summed E-state index contributed by atoms with van der Waals surface area (Å²) < 4.78 is 53.6. The number of hydrogen-bond acceptors (Lipinski definition) is 3. The molecule has 3 atom stereocenters. The van der Waals surface area contributed by atoms with E-state index in [1.807, 2.05) is 0 Å². The quantitative estimate of drug-likeness (QED) is 0.543. The lowest BCUT2D eigenvalue weighted by Gasteiger charge is -2.34. The van der Waals surface area contributed by atoms with E-state index in [9.17, 15) is 27.2 Å². The van der Waals surface area contributed by atoms with Crippen LogP contribution in [-0.2, 0) is 11.2 Å². The second kappa shape index (κ2) is 8.78. The summed E-state index contributed by atoms with van der Waals surface area (Å²) in [5.41, 5.74) is 6.23. The van der Waals surface area contributed by atoms with Gasteiger partial charge in [0, 0.05) is 37.3 Å². The minimum Gasteiger partial charge on any atom is -0.336 e. The second-order valence-corrected chi connectivity index (χ2v) is 8.21. The van der Waals surface area contributed by atoms with E-state index in [2.05, 4.69) is 5.32 Å². The number of rotatable bonds is 5. The Kier molecular flexibility index (Phi) is 6.05. The Morgan fingerprint density at radius 3 is 2.38 bits per heavy atom. The molecule has 0 saturated carbocycles. The third kappa shape index (κ3) is 4.55. The van der Waals surface area contributed by atoms with Gasteiger partial charge in [-0.05, 0) is 42.7 Å². The van der Waals surface area contributed by atoms with Crippen molar-refractivity contribution in [2.75, 3.05) is 18.4 Å². The molecule has 2 aliphatic rings. The van der Waals surface area contributed by atoms with Gasteiger partial charge in [-0.3, -0.25) is 4.79 Å². The molecule has 0 aliphatic carbocycles. The van der Waals surface area contributed by atoms with E-state index < -0.39 is 29.3 Å². The number of halogens is 4. The van der Waals surface area contributed by atoms with Crippen LogP contribution in [0.25, 0.3) is 0 Å². The summed E-state index contributed by atoms with van der Waals surface area (Å²) in [6.07, 6.45) is 0.422. The zero-order valence-corrected chi connectivity index (χ0v) is 17.0. The smallest absolute Gasteiger partial charge is 0.322 e. The first kappa shape index (κ1) is 22.1.